The minimum absolute atomic E-state index is 0.0814. The first kappa shape index (κ1) is 20.6. The average molecular weight is 448 g/mol. The van der Waals surface area contributed by atoms with Crippen LogP contribution in [0, 0.1) is 0 Å². The molecular formula is C20H16ClF2N5O3. The number of benzene rings is 2. The van der Waals surface area contributed by atoms with Gasteiger partial charge in [-0.1, -0.05) is 16.8 Å². The summed E-state index contributed by atoms with van der Waals surface area (Å²) in [7, 11) is 1.35. The lowest BCUT2D eigenvalue weighted by atomic mass is 10.2. The van der Waals surface area contributed by atoms with Crippen LogP contribution >= 0.6 is 11.6 Å². The summed E-state index contributed by atoms with van der Waals surface area (Å²) in [6.07, 6.45) is 3.47. The van der Waals surface area contributed by atoms with E-state index in [4.69, 9.17) is 20.9 Å². The number of aromatic nitrogens is 4. The van der Waals surface area contributed by atoms with Gasteiger partial charge in [-0.2, -0.15) is 18.9 Å². The predicted molar refractivity (Wildman–Crippen MR) is 109 cm³/mol. The third-order valence-electron chi connectivity index (χ3n) is 4.25. The van der Waals surface area contributed by atoms with Crippen LogP contribution in [0.2, 0.25) is 5.02 Å². The average Bonchev–Trinajstić information content (AvgIpc) is 3.44. The van der Waals surface area contributed by atoms with Crippen LogP contribution in [0.4, 0.5) is 14.5 Å². The van der Waals surface area contributed by atoms with Gasteiger partial charge in [-0.25, -0.2) is 4.68 Å². The van der Waals surface area contributed by atoms with Gasteiger partial charge >= 0.3 is 6.61 Å². The van der Waals surface area contributed by atoms with E-state index < -0.39 is 6.61 Å². The van der Waals surface area contributed by atoms with Gasteiger partial charge in [0.25, 0.3) is 0 Å². The first-order valence-corrected chi connectivity index (χ1v) is 9.40. The van der Waals surface area contributed by atoms with Crippen molar-refractivity contribution in [1.29, 1.82) is 0 Å². The molecule has 2 aromatic carbocycles. The van der Waals surface area contributed by atoms with Crippen molar-refractivity contribution < 1.29 is 22.8 Å². The molecule has 4 aromatic rings. The number of hydrogen-bond donors (Lipinski definition) is 1. The second-order valence-electron chi connectivity index (χ2n) is 6.23. The molecule has 2 heterocycles. The molecule has 0 aliphatic rings. The largest absolute Gasteiger partial charge is 0.493 e. The maximum absolute atomic E-state index is 12.5. The zero-order valence-electron chi connectivity index (χ0n) is 16.1. The molecule has 4 rings (SSSR count). The van der Waals surface area contributed by atoms with Gasteiger partial charge in [0.2, 0.25) is 11.7 Å². The number of nitrogens with one attached hydrogen (secondary N) is 1. The number of rotatable bonds is 8. The van der Waals surface area contributed by atoms with Crippen LogP contribution in [-0.2, 0) is 6.54 Å². The summed E-state index contributed by atoms with van der Waals surface area (Å²) >= 11 is 6.34. The lowest BCUT2D eigenvalue weighted by Gasteiger charge is -2.10. The first-order chi connectivity index (χ1) is 15.0. The molecule has 0 amide bonds. The zero-order chi connectivity index (χ0) is 21.8. The fraction of sp³-hybridized carbons (Fsp3) is 0.150. The normalized spacial score (nSPS) is 11.0. The van der Waals surface area contributed by atoms with Crippen molar-refractivity contribution in [2.75, 3.05) is 12.4 Å². The summed E-state index contributed by atoms with van der Waals surface area (Å²) in [5.74, 6) is 0.663. The Hall–Kier alpha value is -3.66. The summed E-state index contributed by atoms with van der Waals surface area (Å²) in [4.78, 5) is 4.31. The Morgan fingerprint density at radius 3 is 2.77 bits per heavy atom. The zero-order valence-corrected chi connectivity index (χ0v) is 16.9. The maximum atomic E-state index is 12.5. The Bertz CT molecular complexity index is 1170. The Kier molecular flexibility index (Phi) is 5.99. The van der Waals surface area contributed by atoms with E-state index in [1.807, 2.05) is 18.2 Å². The number of halogens is 3. The van der Waals surface area contributed by atoms with Gasteiger partial charge in [-0.15, -0.1) is 0 Å². The lowest BCUT2D eigenvalue weighted by molar-refractivity contribution is -0.0512. The molecule has 0 fully saturated rings. The lowest BCUT2D eigenvalue weighted by Crippen LogP contribution is -2.03. The number of hydrogen-bond acceptors (Lipinski definition) is 7. The highest BCUT2D eigenvalue weighted by Gasteiger charge is 2.15. The second kappa shape index (κ2) is 9.00. The summed E-state index contributed by atoms with van der Waals surface area (Å²) in [5, 5.41) is 11.8. The molecule has 0 bridgehead atoms. The van der Waals surface area contributed by atoms with Crippen molar-refractivity contribution >= 4 is 17.3 Å². The van der Waals surface area contributed by atoms with Crippen LogP contribution in [0.3, 0.4) is 0 Å². The Balaban J connectivity index is 1.44. The summed E-state index contributed by atoms with van der Waals surface area (Å²) in [6.45, 7) is -2.70. The molecule has 0 aliphatic heterocycles. The van der Waals surface area contributed by atoms with E-state index in [1.54, 1.807) is 23.1 Å². The molecule has 0 atom stereocenters. The van der Waals surface area contributed by atoms with Crippen LogP contribution in [0.5, 0.6) is 11.5 Å². The third-order valence-corrected chi connectivity index (χ3v) is 4.55. The molecule has 0 unspecified atom stereocenters. The summed E-state index contributed by atoms with van der Waals surface area (Å²) in [5.41, 5.74) is 2.04. The van der Waals surface area contributed by atoms with Gasteiger partial charge < -0.3 is 19.3 Å². The van der Waals surface area contributed by atoms with Gasteiger partial charge in [-0.05, 0) is 42.5 Å². The van der Waals surface area contributed by atoms with Crippen LogP contribution in [0.1, 0.15) is 5.89 Å². The predicted octanol–water partition coefficient (Wildman–Crippen LogP) is 4.80. The first-order valence-electron chi connectivity index (χ1n) is 9.02. The third kappa shape index (κ3) is 4.75. The quantitative estimate of drug-likeness (QED) is 0.415. The summed E-state index contributed by atoms with van der Waals surface area (Å²) in [6, 6.07) is 11.7. The fourth-order valence-electron chi connectivity index (χ4n) is 2.84. The van der Waals surface area contributed by atoms with Crippen LogP contribution in [0.25, 0.3) is 17.1 Å². The summed E-state index contributed by atoms with van der Waals surface area (Å²) < 4.78 is 41.4. The Labute approximate surface area is 180 Å². The van der Waals surface area contributed by atoms with E-state index in [2.05, 4.69) is 25.3 Å². The van der Waals surface area contributed by atoms with E-state index in [0.717, 1.165) is 11.4 Å². The molecule has 0 radical (unpaired) electrons. The van der Waals surface area contributed by atoms with Gasteiger partial charge in [-0.3, -0.25) is 0 Å². The monoisotopic (exact) mass is 447 g/mol. The number of nitrogens with zero attached hydrogens (tertiary/aromatic N) is 4. The number of anilines is 1. The highest BCUT2D eigenvalue weighted by Crippen LogP contribution is 2.32. The highest BCUT2D eigenvalue weighted by atomic mass is 35.5. The van der Waals surface area contributed by atoms with Crippen molar-refractivity contribution in [3.8, 4) is 28.6 Å². The molecule has 0 saturated heterocycles. The molecular weight excluding hydrogens is 432 g/mol. The molecule has 0 spiro atoms. The van der Waals surface area contributed by atoms with Gasteiger partial charge in [0.05, 0.1) is 24.4 Å². The van der Waals surface area contributed by atoms with Gasteiger partial charge in [0.1, 0.15) is 0 Å². The number of methoxy groups -OCH3 is 1. The highest BCUT2D eigenvalue weighted by molar-refractivity contribution is 6.32. The van der Waals surface area contributed by atoms with Crippen molar-refractivity contribution in [3.63, 3.8) is 0 Å². The van der Waals surface area contributed by atoms with E-state index >= 15 is 0 Å². The fourth-order valence-corrected chi connectivity index (χ4v) is 3.10. The number of ether oxygens (including phenoxy) is 2. The molecule has 11 heteroatoms. The van der Waals surface area contributed by atoms with Crippen LogP contribution in [-0.4, -0.2) is 33.6 Å². The van der Waals surface area contributed by atoms with E-state index in [-0.39, 0.29) is 23.9 Å². The second-order valence-corrected chi connectivity index (χ2v) is 6.63. The Morgan fingerprint density at radius 2 is 2.06 bits per heavy atom. The van der Waals surface area contributed by atoms with Crippen LogP contribution in [0.15, 0.2) is 59.4 Å². The topological polar surface area (TPSA) is 87.2 Å². The molecule has 160 valence electrons. The van der Waals surface area contributed by atoms with Crippen molar-refractivity contribution in [3.05, 3.63) is 65.8 Å². The van der Waals surface area contributed by atoms with E-state index in [1.165, 1.54) is 25.3 Å². The van der Waals surface area contributed by atoms with Crippen molar-refractivity contribution in [2.24, 2.45) is 0 Å². The minimum Gasteiger partial charge on any atom is -0.493 e. The molecule has 0 saturated carbocycles. The smallest absolute Gasteiger partial charge is 0.387 e. The van der Waals surface area contributed by atoms with E-state index in [0.29, 0.717) is 16.5 Å². The molecule has 0 aliphatic carbocycles. The van der Waals surface area contributed by atoms with Gasteiger partial charge in [0, 0.05) is 23.6 Å². The minimum atomic E-state index is -2.95. The van der Waals surface area contributed by atoms with Crippen LogP contribution < -0.4 is 14.8 Å². The van der Waals surface area contributed by atoms with E-state index in [9.17, 15) is 8.78 Å². The number of alkyl halides is 2. The Morgan fingerprint density at radius 1 is 1.19 bits per heavy atom. The molecule has 8 nitrogen and oxygen atoms in total. The van der Waals surface area contributed by atoms with Crippen molar-refractivity contribution in [2.45, 2.75) is 13.2 Å². The molecule has 31 heavy (non-hydrogen) atoms. The van der Waals surface area contributed by atoms with Crippen molar-refractivity contribution in [1.82, 2.24) is 19.9 Å². The molecule has 2 aromatic heterocycles. The maximum Gasteiger partial charge on any atom is 0.387 e. The molecule has 1 N–H and O–H groups in total. The van der Waals surface area contributed by atoms with Gasteiger partial charge in [0.15, 0.2) is 11.5 Å². The standard InChI is InChI=1S/C20H16ClF2N5O3/c1-29-17-9-12(3-6-16(17)30-20(22)23)19-26-18(31-27-19)11-24-13-4-5-15(14(21)10-13)28-8-2-7-25-28/h2-10,20,24H,11H2,1H3. The SMILES string of the molecule is COc1cc(-c2noc(CNc3ccc(-n4cccn4)c(Cl)c3)n2)ccc1OC(F)F.